The molecular formula is C22H25N3O3S. The summed E-state index contributed by atoms with van der Waals surface area (Å²) in [6.07, 6.45) is 3.50. The van der Waals surface area contributed by atoms with Gasteiger partial charge in [-0.2, -0.15) is 0 Å². The Morgan fingerprint density at radius 1 is 1.03 bits per heavy atom. The molecule has 6 nitrogen and oxygen atoms in total. The summed E-state index contributed by atoms with van der Waals surface area (Å²) in [6.45, 7) is 1.80. The van der Waals surface area contributed by atoms with E-state index in [1.54, 1.807) is 12.1 Å². The number of likely N-dealkylation sites (tertiary alicyclic amines) is 1. The first-order valence-electron chi connectivity index (χ1n) is 10.0. The van der Waals surface area contributed by atoms with Crippen molar-refractivity contribution in [3.63, 3.8) is 0 Å². The van der Waals surface area contributed by atoms with Crippen LogP contribution in [0.1, 0.15) is 51.3 Å². The molecule has 29 heavy (non-hydrogen) atoms. The van der Waals surface area contributed by atoms with Gasteiger partial charge in [-0.1, -0.05) is 18.2 Å². The van der Waals surface area contributed by atoms with Gasteiger partial charge in [0.25, 0.3) is 5.91 Å². The Hall–Kier alpha value is -2.67. The Kier molecular flexibility index (Phi) is 5.67. The lowest BCUT2D eigenvalue weighted by atomic mass is 9.94. The first kappa shape index (κ1) is 19.6. The molecule has 2 N–H and O–H groups in total. The van der Waals surface area contributed by atoms with E-state index in [-0.39, 0.29) is 17.7 Å². The van der Waals surface area contributed by atoms with E-state index in [0.717, 1.165) is 23.3 Å². The van der Waals surface area contributed by atoms with Crippen LogP contribution >= 0.6 is 11.3 Å². The highest BCUT2D eigenvalue weighted by Crippen LogP contribution is 2.32. The molecule has 4 rings (SSSR count). The van der Waals surface area contributed by atoms with Gasteiger partial charge in [0.05, 0.1) is 4.88 Å². The van der Waals surface area contributed by atoms with Crippen LogP contribution in [0.15, 0.2) is 41.8 Å². The minimum atomic E-state index is -0.449. The van der Waals surface area contributed by atoms with Crippen LogP contribution in [0.3, 0.4) is 0 Å². The summed E-state index contributed by atoms with van der Waals surface area (Å²) >= 11 is 1.46. The number of carbonyl (C=O) groups is 3. The van der Waals surface area contributed by atoms with E-state index in [4.69, 9.17) is 5.73 Å². The third-order valence-electron chi connectivity index (χ3n) is 5.73. The van der Waals surface area contributed by atoms with Crippen LogP contribution in [0.2, 0.25) is 0 Å². The van der Waals surface area contributed by atoms with Gasteiger partial charge in [-0.3, -0.25) is 14.4 Å². The zero-order valence-electron chi connectivity index (χ0n) is 16.3. The summed E-state index contributed by atoms with van der Waals surface area (Å²) in [5.41, 5.74) is 6.78. The van der Waals surface area contributed by atoms with Crippen LogP contribution in [0.5, 0.6) is 0 Å². The zero-order chi connectivity index (χ0) is 20.4. The van der Waals surface area contributed by atoms with Crippen LogP contribution in [0.4, 0.5) is 0 Å². The number of rotatable bonds is 6. The number of primary amides is 1. The van der Waals surface area contributed by atoms with Gasteiger partial charge in [0.2, 0.25) is 11.8 Å². The first-order valence-corrected chi connectivity index (χ1v) is 10.9. The van der Waals surface area contributed by atoms with Gasteiger partial charge >= 0.3 is 0 Å². The van der Waals surface area contributed by atoms with Crippen LogP contribution in [-0.2, 0) is 11.3 Å². The summed E-state index contributed by atoms with van der Waals surface area (Å²) in [6, 6.07) is 11.2. The summed E-state index contributed by atoms with van der Waals surface area (Å²) < 4.78 is 0. The predicted molar refractivity (Wildman–Crippen MR) is 111 cm³/mol. The van der Waals surface area contributed by atoms with Crippen LogP contribution in [-0.4, -0.2) is 46.7 Å². The molecule has 7 heteroatoms. The van der Waals surface area contributed by atoms with Crippen molar-refractivity contribution in [2.24, 2.45) is 11.7 Å². The fourth-order valence-corrected chi connectivity index (χ4v) is 4.56. The Labute approximate surface area is 174 Å². The quantitative estimate of drug-likeness (QED) is 0.793. The van der Waals surface area contributed by atoms with Crippen LogP contribution in [0, 0.1) is 5.92 Å². The number of nitrogens with two attached hydrogens (primary N) is 1. The second-order valence-electron chi connectivity index (χ2n) is 7.80. The molecule has 2 heterocycles. The molecule has 0 atom stereocenters. The topological polar surface area (TPSA) is 83.7 Å². The lowest BCUT2D eigenvalue weighted by molar-refractivity contribution is -0.138. The zero-order valence-corrected chi connectivity index (χ0v) is 17.1. The largest absolute Gasteiger partial charge is 0.366 e. The van der Waals surface area contributed by atoms with Gasteiger partial charge in [-0.15, -0.1) is 11.3 Å². The Morgan fingerprint density at radius 2 is 1.72 bits per heavy atom. The smallest absolute Gasteiger partial charge is 0.263 e. The first-order chi connectivity index (χ1) is 14.0. The van der Waals surface area contributed by atoms with E-state index in [2.05, 4.69) is 0 Å². The van der Waals surface area contributed by atoms with Gasteiger partial charge in [0.1, 0.15) is 0 Å². The molecule has 1 aromatic carbocycles. The van der Waals surface area contributed by atoms with Gasteiger partial charge in [-0.25, -0.2) is 0 Å². The SMILES string of the molecule is NC(=O)c1ccc(CN(C(=O)C2CCN(C(=O)c3cccs3)CC2)C2CC2)cc1. The molecule has 2 fully saturated rings. The highest BCUT2D eigenvalue weighted by atomic mass is 32.1. The number of hydrogen-bond acceptors (Lipinski definition) is 4. The molecule has 3 amide bonds. The van der Waals surface area contributed by atoms with E-state index in [0.29, 0.717) is 44.1 Å². The normalized spacial score (nSPS) is 17.2. The van der Waals surface area contributed by atoms with Crippen molar-refractivity contribution in [1.29, 1.82) is 0 Å². The monoisotopic (exact) mass is 411 g/mol. The fraction of sp³-hybridized carbons (Fsp3) is 0.409. The minimum Gasteiger partial charge on any atom is -0.366 e. The highest BCUT2D eigenvalue weighted by Gasteiger charge is 2.37. The highest BCUT2D eigenvalue weighted by molar-refractivity contribution is 7.12. The number of thiophene rings is 1. The number of piperidine rings is 1. The van der Waals surface area contributed by atoms with Gasteiger partial charge in [-0.05, 0) is 54.8 Å². The van der Waals surface area contributed by atoms with Gasteiger partial charge in [0, 0.05) is 37.2 Å². The van der Waals surface area contributed by atoms with Crippen molar-refractivity contribution in [1.82, 2.24) is 9.80 Å². The van der Waals surface area contributed by atoms with E-state index >= 15 is 0 Å². The number of benzene rings is 1. The van der Waals surface area contributed by atoms with Gasteiger partial charge in [0.15, 0.2) is 0 Å². The Balaban J connectivity index is 1.37. The van der Waals surface area contributed by atoms with Crippen molar-refractivity contribution in [2.75, 3.05) is 13.1 Å². The molecule has 0 radical (unpaired) electrons. The minimum absolute atomic E-state index is 0.0344. The average Bonchev–Trinajstić information content (AvgIpc) is 3.44. The van der Waals surface area contributed by atoms with E-state index in [1.807, 2.05) is 39.4 Å². The predicted octanol–water partition coefficient (Wildman–Crippen LogP) is 2.89. The maximum Gasteiger partial charge on any atom is 0.263 e. The van der Waals surface area contributed by atoms with Crippen molar-refractivity contribution in [3.05, 3.63) is 57.8 Å². The second kappa shape index (κ2) is 8.37. The molecule has 1 aliphatic heterocycles. The molecule has 1 saturated carbocycles. The van der Waals surface area contributed by atoms with Crippen molar-refractivity contribution in [3.8, 4) is 0 Å². The molecule has 0 spiro atoms. The summed E-state index contributed by atoms with van der Waals surface area (Å²) in [5.74, 6) is -0.224. The number of nitrogens with zero attached hydrogens (tertiary/aromatic N) is 2. The molecule has 152 valence electrons. The summed E-state index contributed by atoms with van der Waals surface area (Å²) in [4.78, 5) is 41.6. The fourth-order valence-electron chi connectivity index (χ4n) is 3.86. The molecule has 1 aromatic heterocycles. The molecule has 1 saturated heterocycles. The molecular weight excluding hydrogens is 386 g/mol. The number of hydrogen-bond donors (Lipinski definition) is 1. The summed E-state index contributed by atoms with van der Waals surface area (Å²) in [7, 11) is 0. The molecule has 2 aromatic rings. The van der Waals surface area contributed by atoms with E-state index in [1.165, 1.54) is 11.3 Å². The van der Waals surface area contributed by atoms with E-state index in [9.17, 15) is 14.4 Å². The lowest BCUT2D eigenvalue weighted by Crippen LogP contribution is -2.44. The van der Waals surface area contributed by atoms with E-state index < -0.39 is 5.91 Å². The van der Waals surface area contributed by atoms with Gasteiger partial charge < -0.3 is 15.5 Å². The maximum absolute atomic E-state index is 13.2. The second-order valence-corrected chi connectivity index (χ2v) is 8.75. The van der Waals surface area contributed by atoms with Crippen molar-refractivity contribution in [2.45, 2.75) is 38.3 Å². The third-order valence-corrected chi connectivity index (χ3v) is 6.58. The van der Waals surface area contributed by atoms with Crippen molar-refractivity contribution >= 4 is 29.1 Å². The standard InChI is InChI=1S/C22H25N3O3S/c23-20(26)16-5-3-15(4-6-16)14-25(18-7-8-18)21(27)17-9-11-24(12-10-17)22(28)19-2-1-13-29-19/h1-6,13,17-18H,7-12,14H2,(H2,23,26). The van der Waals surface area contributed by atoms with Crippen molar-refractivity contribution < 1.29 is 14.4 Å². The molecule has 1 aliphatic carbocycles. The lowest BCUT2D eigenvalue weighted by Gasteiger charge is -2.34. The molecule has 0 unspecified atom stereocenters. The Bertz CT molecular complexity index is 883. The maximum atomic E-state index is 13.2. The van der Waals surface area contributed by atoms with Crippen LogP contribution < -0.4 is 5.73 Å². The number of carbonyl (C=O) groups excluding carboxylic acids is 3. The Morgan fingerprint density at radius 3 is 2.28 bits per heavy atom. The molecule has 0 bridgehead atoms. The number of amides is 3. The average molecular weight is 412 g/mol. The molecule has 2 aliphatic rings. The summed E-state index contributed by atoms with van der Waals surface area (Å²) in [5, 5.41) is 1.91. The van der Waals surface area contributed by atoms with Crippen LogP contribution in [0.25, 0.3) is 0 Å². The third kappa shape index (κ3) is 4.50.